The summed E-state index contributed by atoms with van der Waals surface area (Å²) >= 11 is 3.54. The second-order valence-corrected chi connectivity index (χ2v) is 9.92. The molecule has 2 amide bonds. The first-order valence-corrected chi connectivity index (χ1v) is 12.4. The molecular formula is C20H18N6O6S3. The minimum Gasteiger partial charge on any atom is -0.504 e. The maximum Gasteiger partial charge on any atom is 0.250 e. The van der Waals surface area contributed by atoms with Crippen LogP contribution in [0.2, 0.25) is 0 Å². The van der Waals surface area contributed by atoms with Crippen LogP contribution in [0.3, 0.4) is 0 Å². The SMILES string of the molecule is O=C(CSc1nnc(SCC(=O)N/N=C\c2ccc(O)c(O)c2)s1)N/N=C\c1ccc(O)c(O)c1. The molecular weight excluding hydrogens is 516 g/mol. The summed E-state index contributed by atoms with van der Waals surface area (Å²) in [5.41, 5.74) is 5.68. The first-order chi connectivity index (χ1) is 16.8. The second kappa shape index (κ2) is 12.6. The Morgan fingerprint density at radius 2 is 1.20 bits per heavy atom. The molecule has 0 atom stereocenters. The third kappa shape index (κ3) is 8.47. The molecule has 1 aromatic heterocycles. The van der Waals surface area contributed by atoms with Crippen LogP contribution in [0.25, 0.3) is 0 Å². The Hall–Kier alpha value is -3.82. The van der Waals surface area contributed by atoms with Gasteiger partial charge in [-0.3, -0.25) is 9.59 Å². The average molecular weight is 535 g/mol. The largest absolute Gasteiger partial charge is 0.504 e. The van der Waals surface area contributed by atoms with E-state index < -0.39 is 0 Å². The van der Waals surface area contributed by atoms with Crippen LogP contribution in [0.5, 0.6) is 23.0 Å². The van der Waals surface area contributed by atoms with Gasteiger partial charge in [-0.15, -0.1) is 10.2 Å². The smallest absolute Gasteiger partial charge is 0.250 e. The van der Waals surface area contributed by atoms with Crippen LogP contribution >= 0.6 is 34.9 Å². The molecule has 2 aromatic carbocycles. The van der Waals surface area contributed by atoms with Crippen LogP contribution in [0.1, 0.15) is 11.1 Å². The van der Waals surface area contributed by atoms with Crippen LogP contribution in [-0.4, -0.2) is 66.4 Å². The van der Waals surface area contributed by atoms with E-state index in [-0.39, 0.29) is 46.3 Å². The van der Waals surface area contributed by atoms with Crippen LogP contribution < -0.4 is 10.9 Å². The summed E-state index contributed by atoms with van der Waals surface area (Å²) in [4.78, 5) is 23.8. The number of nitrogens with zero attached hydrogens (tertiary/aromatic N) is 4. The lowest BCUT2D eigenvalue weighted by Crippen LogP contribution is -2.19. The van der Waals surface area contributed by atoms with Crippen LogP contribution in [0.15, 0.2) is 55.3 Å². The first-order valence-electron chi connectivity index (χ1n) is 9.57. The van der Waals surface area contributed by atoms with Gasteiger partial charge < -0.3 is 20.4 Å². The molecule has 35 heavy (non-hydrogen) atoms. The summed E-state index contributed by atoms with van der Waals surface area (Å²) in [6.07, 6.45) is 2.65. The van der Waals surface area contributed by atoms with E-state index >= 15 is 0 Å². The van der Waals surface area contributed by atoms with Crippen molar-refractivity contribution in [2.75, 3.05) is 11.5 Å². The van der Waals surface area contributed by atoms with Crippen molar-refractivity contribution in [3.63, 3.8) is 0 Å². The third-order valence-electron chi connectivity index (χ3n) is 3.85. The van der Waals surface area contributed by atoms with Crippen LogP contribution in [0.4, 0.5) is 0 Å². The molecule has 0 aliphatic heterocycles. The molecule has 3 aromatic rings. The highest BCUT2D eigenvalue weighted by molar-refractivity contribution is 8.03. The van der Waals surface area contributed by atoms with Crippen LogP contribution in [0, 0.1) is 0 Å². The number of benzene rings is 2. The summed E-state index contributed by atoms with van der Waals surface area (Å²) in [7, 11) is 0. The number of aromatic nitrogens is 2. The number of hydrogen-bond donors (Lipinski definition) is 6. The van der Waals surface area contributed by atoms with Gasteiger partial charge in [0.25, 0.3) is 11.8 Å². The summed E-state index contributed by atoms with van der Waals surface area (Å²) < 4.78 is 1.08. The van der Waals surface area contributed by atoms with Crippen molar-refractivity contribution in [1.29, 1.82) is 0 Å². The van der Waals surface area contributed by atoms with Crippen molar-refractivity contribution in [3.8, 4) is 23.0 Å². The quantitative estimate of drug-likeness (QED) is 0.0968. The highest BCUT2D eigenvalue weighted by Crippen LogP contribution is 2.28. The van der Waals surface area contributed by atoms with Crippen molar-refractivity contribution in [1.82, 2.24) is 21.0 Å². The van der Waals surface area contributed by atoms with Crippen molar-refractivity contribution in [2.45, 2.75) is 8.68 Å². The minimum absolute atomic E-state index is 0.0412. The van der Waals surface area contributed by atoms with Crippen molar-refractivity contribution in [2.24, 2.45) is 10.2 Å². The molecule has 15 heteroatoms. The predicted molar refractivity (Wildman–Crippen MR) is 132 cm³/mol. The lowest BCUT2D eigenvalue weighted by Gasteiger charge is -1.99. The number of hydrazone groups is 2. The zero-order valence-electron chi connectivity index (χ0n) is 17.7. The maximum absolute atomic E-state index is 11.9. The van der Waals surface area contributed by atoms with E-state index in [1.807, 2.05) is 0 Å². The molecule has 0 saturated heterocycles. The molecule has 12 nitrogen and oxygen atoms in total. The topological polar surface area (TPSA) is 190 Å². The molecule has 0 radical (unpaired) electrons. The fourth-order valence-electron chi connectivity index (χ4n) is 2.23. The molecule has 6 N–H and O–H groups in total. The first kappa shape index (κ1) is 25.8. The van der Waals surface area contributed by atoms with E-state index in [1.165, 1.54) is 60.2 Å². The minimum atomic E-state index is -0.377. The number of nitrogens with one attached hydrogen (secondary N) is 2. The zero-order valence-corrected chi connectivity index (χ0v) is 20.1. The molecule has 0 unspecified atom stereocenters. The Labute approximate surface area is 210 Å². The number of carbonyl (C=O) groups excluding carboxylic acids is 2. The highest BCUT2D eigenvalue weighted by atomic mass is 32.2. The Balaban J connectivity index is 1.36. The van der Waals surface area contributed by atoms with Crippen molar-refractivity contribution >= 4 is 59.1 Å². The molecule has 0 aliphatic carbocycles. The normalized spacial score (nSPS) is 11.2. The summed E-state index contributed by atoms with van der Waals surface area (Å²) in [6, 6.07) is 8.26. The lowest BCUT2D eigenvalue weighted by molar-refractivity contribution is -0.119. The number of thioether (sulfide) groups is 2. The predicted octanol–water partition coefficient (Wildman–Crippen LogP) is 1.85. The van der Waals surface area contributed by atoms with Gasteiger partial charge in [-0.25, -0.2) is 10.9 Å². The monoisotopic (exact) mass is 534 g/mol. The Morgan fingerprint density at radius 1 is 0.771 bits per heavy atom. The van der Waals surface area contributed by atoms with E-state index in [2.05, 4.69) is 31.3 Å². The van der Waals surface area contributed by atoms with Gasteiger partial charge in [0, 0.05) is 0 Å². The lowest BCUT2D eigenvalue weighted by atomic mass is 10.2. The molecule has 0 spiro atoms. The molecule has 0 bridgehead atoms. The molecule has 182 valence electrons. The van der Waals surface area contributed by atoms with Gasteiger partial charge in [-0.1, -0.05) is 34.9 Å². The van der Waals surface area contributed by atoms with Gasteiger partial charge in [0.1, 0.15) is 0 Å². The molecule has 1 heterocycles. The van der Waals surface area contributed by atoms with Crippen LogP contribution in [-0.2, 0) is 9.59 Å². The van der Waals surface area contributed by atoms with Gasteiger partial charge >= 0.3 is 0 Å². The summed E-state index contributed by atoms with van der Waals surface area (Å²) in [5, 5.41) is 52.9. The van der Waals surface area contributed by atoms with E-state index in [0.717, 1.165) is 23.5 Å². The van der Waals surface area contributed by atoms with E-state index in [0.29, 0.717) is 19.8 Å². The standard InChI is InChI=1S/C20H18N6O6S3/c27-13-3-1-11(5-15(13)29)7-21-23-17(31)9-33-19-25-26-20(35-19)34-10-18(32)24-22-8-12-2-4-14(28)16(30)6-12/h1-8,27-30H,9-10H2,(H,23,31)(H,24,32)/b21-7-,22-8-. The second-order valence-electron chi connectivity index (χ2n) is 6.49. The fourth-order valence-corrected chi connectivity index (χ4v) is 4.84. The fraction of sp³-hybridized carbons (Fsp3) is 0.100. The molecule has 0 aliphatic rings. The van der Waals surface area contributed by atoms with Gasteiger partial charge in [-0.05, 0) is 47.5 Å². The number of amides is 2. The maximum atomic E-state index is 11.9. The van der Waals surface area contributed by atoms with E-state index in [4.69, 9.17) is 0 Å². The number of phenols is 4. The Kier molecular flexibility index (Phi) is 9.28. The Bertz CT molecular complexity index is 1170. The van der Waals surface area contributed by atoms with Gasteiger partial charge in [-0.2, -0.15) is 10.2 Å². The zero-order chi connectivity index (χ0) is 25.2. The number of rotatable bonds is 10. The summed E-state index contributed by atoms with van der Waals surface area (Å²) in [6.45, 7) is 0. The number of phenolic OH excluding ortho intramolecular Hbond substituents is 4. The number of aromatic hydroxyl groups is 4. The van der Waals surface area contributed by atoms with Gasteiger partial charge in [0.2, 0.25) is 0 Å². The number of carbonyl (C=O) groups is 2. The third-order valence-corrected chi connectivity index (χ3v) is 7.04. The average Bonchev–Trinajstić information content (AvgIpc) is 3.29. The Morgan fingerprint density at radius 3 is 1.60 bits per heavy atom. The van der Waals surface area contributed by atoms with E-state index in [1.54, 1.807) is 0 Å². The molecule has 0 saturated carbocycles. The molecule has 3 rings (SSSR count). The highest BCUT2D eigenvalue weighted by Gasteiger charge is 2.10. The molecule has 0 fully saturated rings. The van der Waals surface area contributed by atoms with Gasteiger partial charge in [0.15, 0.2) is 31.7 Å². The number of hydrogen-bond acceptors (Lipinski definition) is 13. The van der Waals surface area contributed by atoms with Crippen molar-refractivity contribution < 1.29 is 30.0 Å². The summed E-state index contributed by atoms with van der Waals surface area (Å²) in [5.74, 6) is -1.75. The van der Waals surface area contributed by atoms with Crippen molar-refractivity contribution in [3.05, 3.63) is 47.5 Å². The van der Waals surface area contributed by atoms with Gasteiger partial charge in [0.05, 0.1) is 23.9 Å². The van der Waals surface area contributed by atoms with E-state index in [9.17, 15) is 30.0 Å².